The molecule has 0 amide bonds. The van der Waals surface area contributed by atoms with E-state index in [1.807, 2.05) is 0 Å². The van der Waals surface area contributed by atoms with Gasteiger partial charge in [-0.15, -0.1) is 5.84 Å². The van der Waals surface area contributed by atoms with Crippen molar-refractivity contribution in [2.75, 3.05) is 0 Å². The zero-order chi connectivity index (χ0) is 14.9. The second kappa shape index (κ2) is 5.16. The largest absolute Gasteiger partial charge is 0.239 e. The average molecular weight is 287 g/mol. The summed E-state index contributed by atoms with van der Waals surface area (Å²) in [7, 11) is 0. The van der Waals surface area contributed by atoms with Gasteiger partial charge < -0.3 is 0 Å². The van der Waals surface area contributed by atoms with Gasteiger partial charge in [0.15, 0.2) is 12.4 Å². The van der Waals surface area contributed by atoms with Gasteiger partial charge in [0.25, 0.3) is 0 Å². The minimum atomic E-state index is -0.436. The minimum absolute atomic E-state index is 0.322. The van der Waals surface area contributed by atoms with E-state index in [9.17, 15) is 8.78 Å². The standard InChI is InChI=1S/C15H13F2N4/c16-13-5-1-11(2-6-13)15(21(18)10-19-9-20-21)12-3-7-14(17)8-4-12/h1-10,15H,18H2/q+1. The number of benzene rings is 2. The highest BCUT2D eigenvalue weighted by Gasteiger charge is 2.38. The number of aliphatic imine (C=N–C) groups is 1. The molecule has 0 aromatic heterocycles. The smallest absolute Gasteiger partial charge is 0.207 e. The third kappa shape index (κ3) is 2.58. The summed E-state index contributed by atoms with van der Waals surface area (Å²) in [5.41, 5.74) is 1.52. The number of halogens is 2. The maximum atomic E-state index is 13.1. The monoisotopic (exact) mass is 287 g/mol. The summed E-state index contributed by atoms with van der Waals surface area (Å²) in [6.45, 7) is 0. The van der Waals surface area contributed by atoms with Gasteiger partial charge in [-0.05, 0) is 53.6 Å². The predicted molar refractivity (Wildman–Crippen MR) is 76.1 cm³/mol. The lowest BCUT2D eigenvalue weighted by atomic mass is 9.97. The maximum absolute atomic E-state index is 13.1. The van der Waals surface area contributed by atoms with Gasteiger partial charge in [0.1, 0.15) is 11.6 Å². The van der Waals surface area contributed by atoms with Crippen molar-refractivity contribution >= 4 is 12.7 Å². The Morgan fingerprint density at radius 2 is 1.33 bits per heavy atom. The van der Waals surface area contributed by atoms with Gasteiger partial charge in [0, 0.05) is 11.1 Å². The molecule has 106 valence electrons. The second-order valence-electron chi connectivity index (χ2n) is 4.79. The van der Waals surface area contributed by atoms with E-state index in [-0.39, 0.29) is 16.3 Å². The van der Waals surface area contributed by atoms with E-state index in [2.05, 4.69) is 10.1 Å². The molecule has 0 saturated carbocycles. The molecule has 4 nitrogen and oxygen atoms in total. The highest BCUT2D eigenvalue weighted by molar-refractivity contribution is 5.71. The van der Waals surface area contributed by atoms with Crippen LogP contribution in [-0.2, 0) is 0 Å². The number of hydrogen-bond acceptors (Lipinski definition) is 3. The van der Waals surface area contributed by atoms with E-state index in [0.717, 1.165) is 11.1 Å². The Kier molecular flexibility index (Phi) is 3.32. The molecule has 3 rings (SSSR count). The summed E-state index contributed by atoms with van der Waals surface area (Å²) in [6, 6.07) is 11.5. The van der Waals surface area contributed by atoms with Gasteiger partial charge in [0.05, 0.1) is 0 Å². The fourth-order valence-electron chi connectivity index (χ4n) is 2.38. The van der Waals surface area contributed by atoms with Crippen LogP contribution in [0.25, 0.3) is 0 Å². The number of rotatable bonds is 3. The number of nitrogens with two attached hydrogens (primary N) is 1. The first-order valence-corrected chi connectivity index (χ1v) is 6.35. The van der Waals surface area contributed by atoms with E-state index >= 15 is 0 Å². The number of nitrogens with zero attached hydrogens (tertiary/aromatic N) is 3. The van der Waals surface area contributed by atoms with Crippen molar-refractivity contribution in [3.05, 3.63) is 71.3 Å². The van der Waals surface area contributed by atoms with Crippen LogP contribution in [0.4, 0.5) is 8.78 Å². The van der Waals surface area contributed by atoms with E-state index in [4.69, 9.17) is 5.84 Å². The lowest BCUT2D eigenvalue weighted by Crippen LogP contribution is -2.50. The fraction of sp³-hybridized carbons (Fsp3) is 0.0667. The van der Waals surface area contributed by atoms with Gasteiger partial charge >= 0.3 is 0 Å². The van der Waals surface area contributed by atoms with Gasteiger partial charge in [-0.1, -0.05) is 4.70 Å². The Bertz CT molecular complexity index is 635. The molecule has 0 bridgehead atoms. The molecule has 2 aromatic carbocycles. The molecule has 1 aliphatic rings. The molecular formula is C15H13F2N4+. The summed E-state index contributed by atoms with van der Waals surface area (Å²) < 4.78 is 26.0. The molecule has 21 heavy (non-hydrogen) atoms. The second-order valence-corrected chi connectivity index (χ2v) is 4.79. The van der Waals surface area contributed by atoms with Crippen LogP contribution in [0.1, 0.15) is 17.2 Å². The van der Waals surface area contributed by atoms with Crippen molar-refractivity contribution in [1.29, 1.82) is 0 Å². The molecular weight excluding hydrogens is 274 g/mol. The van der Waals surface area contributed by atoms with Gasteiger partial charge in [-0.3, -0.25) is 0 Å². The third-order valence-corrected chi connectivity index (χ3v) is 3.36. The zero-order valence-corrected chi connectivity index (χ0v) is 11.0. The number of hydrogen-bond donors (Lipinski definition) is 1. The molecule has 2 N–H and O–H groups in total. The Labute approximate surface area is 120 Å². The lowest BCUT2D eigenvalue weighted by Gasteiger charge is -2.28. The molecule has 0 aliphatic carbocycles. The Morgan fingerprint density at radius 1 is 0.857 bits per heavy atom. The highest BCUT2D eigenvalue weighted by atomic mass is 19.1. The molecule has 1 unspecified atom stereocenters. The lowest BCUT2D eigenvalue weighted by molar-refractivity contribution is -0.877. The Morgan fingerprint density at radius 3 is 1.71 bits per heavy atom. The van der Waals surface area contributed by atoms with E-state index in [1.54, 1.807) is 24.3 Å². The molecule has 0 saturated heterocycles. The van der Waals surface area contributed by atoms with Crippen LogP contribution in [-0.4, -0.2) is 17.4 Å². The van der Waals surface area contributed by atoms with E-state index in [1.165, 1.54) is 36.9 Å². The SMILES string of the molecule is N[N+]1(C(c2ccc(F)cc2)c2ccc(F)cc2)C=NC=N1. The van der Waals surface area contributed by atoms with Crippen molar-refractivity contribution in [3.63, 3.8) is 0 Å². The first kappa shape index (κ1) is 13.5. The molecule has 0 spiro atoms. The zero-order valence-electron chi connectivity index (χ0n) is 11.0. The van der Waals surface area contributed by atoms with Crippen LogP contribution in [0.15, 0.2) is 58.6 Å². The fourth-order valence-corrected chi connectivity index (χ4v) is 2.38. The predicted octanol–water partition coefficient (Wildman–Crippen LogP) is 2.73. The molecule has 2 aromatic rings. The van der Waals surface area contributed by atoms with Gasteiger partial charge in [0.2, 0.25) is 6.34 Å². The first-order valence-electron chi connectivity index (χ1n) is 6.35. The molecule has 0 radical (unpaired) electrons. The van der Waals surface area contributed by atoms with E-state index in [0.29, 0.717) is 0 Å². The summed E-state index contributed by atoms with van der Waals surface area (Å²) in [5, 5.41) is 4.15. The van der Waals surface area contributed by atoms with Crippen molar-refractivity contribution in [2.24, 2.45) is 15.9 Å². The van der Waals surface area contributed by atoms with Crippen molar-refractivity contribution in [1.82, 2.24) is 0 Å². The van der Waals surface area contributed by atoms with Crippen molar-refractivity contribution in [2.45, 2.75) is 6.04 Å². The molecule has 6 heteroatoms. The highest BCUT2D eigenvalue weighted by Crippen LogP contribution is 2.32. The topological polar surface area (TPSA) is 50.7 Å². The van der Waals surface area contributed by atoms with Crippen molar-refractivity contribution < 1.29 is 13.5 Å². The summed E-state index contributed by atoms with van der Waals surface area (Å²) in [5.74, 6) is 5.58. The van der Waals surface area contributed by atoms with Gasteiger partial charge in [-0.25, -0.2) is 8.78 Å². The van der Waals surface area contributed by atoms with Crippen LogP contribution in [0, 0.1) is 11.6 Å². The Balaban J connectivity index is 2.11. The van der Waals surface area contributed by atoms with Crippen molar-refractivity contribution in [3.8, 4) is 0 Å². The minimum Gasteiger partial charge on any atom is -0.207 e. The quantitative estimate of drug-likeness (QED) is 0.685. The maximum Gasteiger partial charge on any atom is 0.239 e. The summed E-state index contributed by atoms with van der Waals surface area (Å²) >= 11 is 0. The summed E-state index contributed by atoms with van der Waals surface area (Å²) in [4.78, 5) is 3.93. The molecule has 1 atom stereocenters. The van der Waals surface area contributed by atoms with Gasteiger partial charge in [-0.2, -0.15) is 4.99 Å². The van der Waals surface area contributed by atoms with Crippen LogP contribution in [0.2, 0.25) is 0 Å². The van der Waals surface area contributed by atoms with Crippen LogP contribution >= 0.6 is 0 Å². The van der Waals surface area contributed by atoms with Crippen LogP contribution < -0.4 is 5.84 Å². The molecule has 0 fully saturated rings. The molecule has 1 aliphatic heterocycles. The Hall–Kier alpha value is -2.44. The third-order valence-electron chi connectivity index (χ3n) is 3.36. The van der Waals surface area contributed by atoms with E-state index < -0.39 is 6.04 Å². The van der Waals surface area contributed by atoms with Crippen LogP contribution in [0.3, 0.4) is 0 Å². The first-order chi connectivity index (χ1) is 10.1. The van der Waals surface area contributed by atoms with Crippen LogP contribution in [0.5, 0.6) is 0 Å². The normalized spacial score (nSPS) is 20.4. The summed E-state index contributed by atoms with van der Waals surface area (Å²) in [6.07, 6.45) is 2.84. The molecule has 1 heterocycles. The number of quaternary nitrogens is 1. The average Bonchev–Trinajstić information content (AvgIpc) is 2.91.